The van der Waals surface area contributed by atoms with Gasteiger partial charge >= 0.3 is 0 Å². The number of hydrogen-bond acceptors (Lipinski definition) is 2. The molecule has 6 heteroatoms. The Morgan fingerprint density at radius 3 is 2.41 bits per heavy atom. The molecule has 0 heterocycles. The zero-order valence-electron chi connectivity index (χ0n) is 9.29. The van der Waals surface area contributed by atoms with Gasteiger partial charge in [0.15, 0.2) is 0 Å². The lowest BCUT2D eigenvalue weighted by Crippen LogP contribution is -2.27. The van der Waals surface area contributed by atoms with Crippen LogP contribution in [0.4, 0.5) is 8.78 Å². The summed E-state index contributed by atoms with van der Waals surface area (Å²) in [6, 6.07) is 0.873. The zero-order chi connectivity index (χ0) is 12.3. The van der Waals surface area contributed by atoms with Crippen molar-refractivity contribution in [1.29, 1.82) is 0 Å². The van der Waals surface area contributed by atoms with Crippen molar-refractivity contribution in [1.82, 2.24) is 0 Å². The Morgan fingerprint density at radius 2 is 1.88 bits per heavy atom. The van der Waals surface area contributed by atoms with E-state index in [2.05, 4.69) is 0 Å². The SMILES string of the molecule is CCC[C@@H](O)[C@@H](N)c1c(F)ccc(F)c1Cl.Cl. The fourth-order valence-electron chi connectivity index (χ4n) is 1.52. The molecule has 0 radical (unpaired) electrons. The third-order valence-corrected chi connectivity index (χ3v) is 2.80. The molecule has 3 N–H and O–H groups in total. The van der Waals surface area contributed by atoms with Gasteiger partial charge in [0.05, 0.1) is 17.2 Å². The van der Waals surface area contributed by atoms with Crippen LogP contribution in [0.25, 0.3) is 0 Å². The maximum absolute atomic E-state index is 13.4. The van der Waals surface area contributed by atoms with Crippen LogP contribution in [0.5, 0.6) is 0 Å². The van der Waals surface area contributed by atoms with Crippen molar-refractivity contribution >= 4 is 24.0 Å². The van der Waals surface area contributed by atoms with Crippen LogP contribution in [0.1, 0.15) is 31.4 Å². The van der Waals surface area contributed by atoms with Crippen molar-refractivity contribution in [2.75, 3.05) is 0 Å². The lowest BCUT2D eigenvalue weighted by molar-refractivity contribution is 0.132. The van der Waals surface area contributed by atoms with Gasteiger partial charge < -0.3 is 10.8 Å². The van der Waals surface area contributed by atoms with Crippen LogP contribution in [-0.4, -0.2) is 11.2 Å². The Hall–Kier alpha value is -0.420. The van der Waals surface area contributed by atoms with E-state index in [9.17, 15) is 13.9 Å². The predicted molar refractivity (Wildman–Crippen MR) is 66.5 cm³/mol. The maximum Gasteiger partial charge on any atom is 0.142 e. The highest BCUT2D eigenvalue weighted by Crippen LogP contribution is 2.29. The number of halogens is 4. The summed E-state index contributed by atoms with van der Waals surface area (Å²) in [5.74, 6) is -1.44. The smallest absolute Gasteiger partial charge is 0.142 e. The van der Waals surface area contributed by atoms with Crippen LogP contribution in [0.15, 0.2) is 12.1 Å². The summed E-state index contributed by atoms with van der Waals surface area (Å²) >= 11 is 5.63. The van der Waals surface area contributed by atoms with E-state index in [4.69, 9.17) is 17.3 Å². The molecular formula is C11H15Cl2F2NO. The molecule has 1 aromatic carbocycles. The summed E-state index contributed by atoms with van der Waals surface area (Å²) in [5.41, 5.74) is 5.49. The highest BCUT2D eigenvalue weighted by Gasteiger charge is 2.23. The average Bonchev–Trinajstić information content (AvgIpc) is 2.24. The van der Waals surface area contributed by atoms with Crippen molar-refractivity contribution in [3.05, 3.63) is 34.4 Å². The number of aliphatic hydroxyl groups excluding tert-OH is 1. The number of aliphatic hydroxyl groups is 1. The van der Waals surface area contributed by atoms with Gasteiger partial charge in [-0.1, -0.05) is 24.9 Å². The van der Waals surface area contributed by atoms with E-state index in [0.29, 0.717) is 12.8 Å². The van der Waals surface area contributed by atoms with Gasteiger partial charge in [0, 0.05) is 5.56 Å². The monoisotopic (exact) mass is 285 g/mol. The van der Waals surface area contributed by atoms with Crippen LogP contribution in [-0.2, 0) is 0 Å². The van der Waals surface area contributed by atoms with Crippen LogP contribution >= 0.6 is 24.0 Å². The average molecular weight is 286 g/mol. The number of rotatable bonds is 4. The van der Waals surface area contributed by atoms with Gasteiger partial charge in [0.25, 0.3) is 0 Å². The Morgan fingerprint density at radius 1 is 1.35 bits per heavy atom. The Labute approximate surface area is 110 Å². The van der Waals surface area contributed by atoms with E-state index in [0.717, 1.165) is 12.1 Å². The fourth-order valence-corrected chi connectivity index (χ4v) is 1.80. The van der Waals surface area contributed by atoms with E-state index in [1.54, 1.807) is 0 Å². The first-order valence-corrected chi connectivity index (χ1v) is 5.43. The third-order valence-electron chi connectivity index (χ3n) is 2.41. The molecule has 1 aromatic rings. The second-order valence-corrected chi connectivity index (χ2v) is 4.02. The molecule has 0 aliphatic rings. The number of hydrogen-bond donors (Lipinski definition) is 2. The molecule has 2 atom stereocenters. The van der Waals surface area contributed by atoms with Crippen LogP contribution in [0.2, 0.25) is 5.02 Å². The lowest BCUT2D eigenvalue weighted by atomic mass is 9.98. The Kier molecular flexibility index (Phi) is 6.94. The predicted octanol–water partition coefficient (Wildman–Crippen LogP) is 3.20. The zero-order valence-corrected chi connectivity index (χ0v) is 10.9. The van der Waals surface area contributed by atoms with Crippen LogP contribution < -0.4 is 5.73 Å². The van der Waals surface area contributed by atoms with Crippen molar-refractivity contribution in [3.8, 4) is 0 Å². The summed E-state index contributed by atoms with van der Waals surface area (Å²) in [6.45, 7) is 1.86. The van der Waals surface area contributed by atoms with E-state index < -0.39 is 23.8 Å². The Balaban J connectivity index is 0.00000256. The minimum Gasteiger partial charge on any atom is -0.391 e. The molecule has 0 bridgehead atoms. The highest BCUT2D eigenvalue weighted by molar-refractivity contribution is 6.31. The van der Waals surface area contributed by atoms with Crippen LogP contribution in [0, 0.1) is 11.6 Å². The molecule has 0 aliphatic carbocycles. The number of benzene rings is 1. The van der Waals surface area contributed by atoms with Gasteiger partial charge in [-0.2, -0.15) is 0 Å². The molecule has 0 saturated carbocycles. The summed E-state index contributed by atoms with van der Waals surface area (Å²) in [4.78, 5) is 0. The first-order valence-electron chi connectivity index (χ1n) is 5.06. The quantitative estimate of drug-likeness (QED) is 0.835. The molecule has 0 fully saturated rings. The molecule has 0 aliphatic heterocycles. The molecule has 1 rings (SSSR count). The van der Waals surface area contributed by atoms with E-state index >= 15 is 0 Å². The second-order valence-electron chi connectivity index (χ2n) is 3.64. The molecule has 0 amide bonds. The molecule has 0 aromatic heterocycles. The molecule has 17 heavy (non-hydrogen) atoms. The molecular weight excluding hydrogens is 271 g/mol. The lowest BCUT2D eigenvalue weighted by Gasteiger charge is -2.20. The highest BCUT2D eigenvalue weighted by atomic mass is 35.5. The molecule has 0 unspecified atom stereocenters. The maximum atomic E-state index is 13.4. The van der Waals surface area contributed by atoms with E-state index in [1.807, 2.05) is 6.92 Å². The van der Waals surface area contributed by atoms with Crippen molar-refractivity contribution in [2.45, 2.75) is 31.9 Å². The molecule has 0 saturated heterocycles. The fraction of sp³-hybridized carbons (Fsp3) is 0.455. The third kappa shape index (κ3) is 3.78. The summed E-state index contributed by atoms with van der Waals surface area (Å²) < 4.78 is 26.6. The van der Waals surface area contributed by atoms with Gasteiger partial charge in [0.1, 0.15) is 11.6 Å². The standard InChI is InChI=1S/C11H14ClF2NO.ClH/c1-2-3-8(16)11(15)9-6(13)4-5-7(14)10(9)12;/h4-5,8,11,16H,2-3,15H2,1H3;1H/t8-,11-;/m1./s1. The summed E-state index contributed by atoms with van der Waals surface area (Å²) in [6.07, 6.45) is 0.176. The second kappa shape index (κ2) is 7.11. The van der Waals surface area contributed by atoms with Gasteiger partial charge in [-0.25, -0.2) is 8.78 Å². The van der Waals surface area contributed by atoms with Crippen molar-refractivity contribution < 1.29 is 13.9 Å². The largest absolute Gasteiger partial charge is 0.391 e. The molecule has 2 nitrogen and oxygen atoms in total. The van der Waals surface area contributed by atoms with Gasteiger partial charge in [-0.3, -0.25) is 0 Å². The van der Waals surface area contributed by atoms with E-state index in [-0.39, 0.29) is 23.0 Å². The van der Waals surface area contributed by atoms with Gasteiger partial charge in [-0.15, -0.1) is 12.4 Å². The Bertz CT molecular complexity index is 377. The summed E-state index contributed by atoms with van der Waals surface area (Å²) in [7, 11) is 0. The molecule has 98 valence electrons. The minimum absolute atomic E-state index is 0. The number of nitrogens with two attached hydrogens (primary N) is 1. The van der Waals surface area contributed by atoms with Crippen molar-refractivity contribution in [3.63, 3.8) is 0 Å². The van der Waals surface area contributed by atoms with Crippen molar-refractivity contribution in [2.24, 2.45) is 5.73 Å². The minimum atomic E-state index is -1.01. The normalized spacial score (nSPS) is 14.0. The van der Waals surface area contributed by atoms with E-state index in [1.165, 1.54) is 0 Å². The van der Waals surface area contributed by atoms with Crippen LogP contribution in [0.3, 0.4) is 0 Å². The van der Waals surface area contributed by atoms with Gasteiger partial charge in [0.2, 0.25) is 0 Å². The topological polar surface area (TPSA) is 46.2 Å². The first kappa shape index (κ1) is 16.6. The van der Waals surface area contributed by atoms with Gasteiger partial charge in [-0.05, 0) is 18.6 Å². The summed E-state index contributed by atoms with van der Waals surface area (Å²) in [5, 5.41) is 9.28. The first-order chi connectivity index (χ1) is 7.49. The molecule has 0 spiro atoms.